The van der Waals surface area contributed by atoms with E-state index in [9.17, 15) is 8.78 Å². The van der Waals surface area contributed by atoms with Crippen molar-refractivity contribution in [2.24, 2.45) is 0 Å². The standard InChI is InChI=1S/C14H18BrF2NO/c1-4-18-10(3)9(2)7-11-8-12(15)5-6-13(11)19-14(16)17/h5-8,10,14,18H,4H2,1-3H3/b9-7+. The second-order valence-corrected chi connectivity index (χ2v) is 5.14. The van der Waals surface area contributed by atoms with Crippen molar-refractivity contribution in [3.05, 3.63) is 33.8 Å². The summed E-state index contributed by atoms with van der Waals surface area (Å²) in [6.45, 7) is 4.04. The number of ether oxygens (including phenoxy) is 1. The summed E-state index contributed by atoms with van der Waals surface area (Å²) in [6.07, 6.45) is 1.86. The van der Waals surface area contributed by atoms with Gasteiger partial charge in [-0.1, -0.05) is 34.5 Å². The van der Waals surface area contributed by atoms with Gasteiger partial charge in [-0.05, 0) is 38.6 Å². The molecule has 1 rings (SSSR count). The van der Waals surface area contributed by atoms with Crippen molar-refractivity contribution in [1.29, 1.82) is 0 Å². The Balaban J connectivity index is 3.03. The average Bonchev–Trinajstić information content (AvgIpc) is 2.32. The molecule has 0 radical (unpaired) electrons. The molecular weight excluding hydrogens is 316 g/mol. The molecular formula is C14H18BrF2NO. The number of benzene rings is 1. The van der Waals surface area contributed by atoms with Crippen molar-refractivity contribution in [3.63, 3.8) is 0 Å². The molecule has 0 saturated carbocycles. The first-order valence-corrected chi connectivity index (χ1v) is 6.89. The molecule has 0 heterocycles. The fourth-order valence-electron chi connectivity index (χ4n) is 1.67. The second-order valence-electron chi connectivity index (χ2n) is 4.23. The molecule has 1 atom stereocenters. The Bertz CT molecular complexity index is 449. The Labute approximate surface area is 121 Å². The molecule has 106 valence electrons. The summed E-state index contributed by atoms with van der Waals surface area (Å²) < 4.78 is 30.0. The number of rotatable bonds is 6. The third-order valence-electron chi connectivity index (χ3n) is 2.76. The van der Waals surface area contributed by atoms with E-state index in [1.807, 2.05) is 26.8 Å². The van der Waals surface area contributed by atoms with E-state index < -0.39 is 6.61 Å². The predicted molar refractivity (Wildman–Crippen MR) is 77.6 cm³/mol. The topological polar surface area (TPSA) is 21.3 Å². The van der Waals surface area contributed by atoms with E-state index >= 15 is 0 Å². The van der Waals surface area contributed by atoms with Gasteiger partial charge >= 0.3 is 6.61 Å². The normalized spacial score (nSPS) is 13.7. The lowest BCUT2D eigenvalue weighted by Crippen LogP contribution is -2.26. The molecule has 19 heavy (non-hydrogen) atoms. The molecule has 0 fully saturated rings. The summed E-state index contributed by atoms with van der Waals surface area (Å²) in [5.41, 5.74) is 1.69. The molecule has 0 spiro atoms. The van der Waals surface area contributed by atoms with Gasteiger partial charge in [-0.3, -0.25) is 0 Å². The van der Waals surface area contributed by atoms with E-state index in [4.69, 9.17) is 0 Å². The summed E-state index contributed by atoms with van der Waals surface area (Å²) >= 11 is 3.33. The molecule has 0 saturated heterocycles. The van der Waals surface area contributed by atoms with Gasteiger partial charge in [0.1, 0.15) is 5.75 Å². The van der Waals surface area contributed by atoms with Crippen LogP contribution in [-0.4, -0.2) is 19.2 Å². The van der Waals surface area contributed by atoms with Crippen LogP contribution in [0.25, 0.3) is 6.08 Å². The van der Waals surface area contributed by atoms with Crippen molar-refractivity contribution in [2.45, 2.75) is 33.4 Å². The van der Waals surface area contributed by atoms with Crippen LogP contribution in [0.1, 0.15) is 26.3 Å². The van der Waals surface area contributed by atoms with Gasteiger partial charge in [0.2, 0.25) is 0 Å². The average molecular weight is 334 g/mol. The maximum atomic E-state index is 12.4. The first-order chi connectivity index (χ1) is 8.93. The summed E-state index contributed by atoms with van der Waals surface area (Å²) in [4.78, 5) is 0. The van der Waals surface area contributed by atoms with E-state index in [2.05, 4.69) is 26.0 Å². The van der Waals surface area contributed by atoms with Crippen LogP contribution in [0.3, 0.4) is 0 Å². The Hall–Kier alpha value is -0.940. The van der Waals surface area contributed by atoms with Crippen LogP contribution in [-0.2, 0) is 0 Å². The van der Waals surface area contributed by atoms with Gasteiger partial charge in [0, 0.05) is 16.1 Å². The highest BCUT2D eigenvalue weighted by atomic mass is 79.9. The van der Waals surface area contributed by atoms with Crippen LogP contribution >= 0.6 is 15.9 Å². The second kappa shape index (κ2) is 7.60. The van der Waals surface area contributed by atoms with E-state index in [0.29, 0.717) is 5.56 Å². The number of nitrogens with one attached hydrogen (secondary N) is 1. The van der Waals surface area contributed by atoms with Crippen LogP contribution in [0.5, 0.6) is 5.75 Å². The number of alkyl halides is 2. The summed E-state index contributed by atoms with van der Waals surface area (Å²) in [5, 5.41) is 3.27. The molecule has 0 aliphatic carbocycles. The molecule has 1 unspecified atom stereocenters. The minimum absolute atomic E-state index is 0.182. The van der Waals surface area contributed by atoms with E-state index in [1.54, 1.807) is 12.1 Å². The molecule has 0 aliphatic rings. The van der Waals surface area contributed by atoms with Gasteiger partial charge in [-0.2, -0.15) is 8.78 Å². The van der Waals surface area contributed by atoms with Gasteiger partial charge in [-0.25, -0.2) is 0 Å². The Morgan fingerprint density at radius 1 is 1.47 bits per heavy atom. The monoisotopic (exact) mass is 333 g/mol. The lowest BCUT2D eigenvalue weighted by atomic mass is 10.1. The number of halogens is 3. The highest BCUT2D eigenvalue weighted by molar-refractivity contribution is 9.10. The van der Waals surface area contributed by atoms with Crippen LogP contribution in [0.2, 0.25) is 0 Å². The van der Waals surface area contributed by atoms with Gasteiger partial charge in [0.25, 0.3) is 0 Å². The minimum Gasteiger partial charge on any atom is -0.434 e. The Kier molecular flexibility index (Phi) is 6.45. The van der Waals surface area contributed by atoms with Gasteiger partial charge in [0.05, 0.1) is 0 Å². The fraction of sp³-hybridized carbons (Fsp3) is 0.429. The van der Waals surface area contributed by atoms with Crippen LogP contribution in [0.4, 0.5) is 8.78 Å². The smallest absolute Gasteiger partial charge is 0.387 e. The molecule has 1 N–H and O–H groups in total. The molecule has 5 heteroatoms. The molecule has 0 bridgehead atoms. The van der Waals surface area contributed by atoms with E-state index in [0.717, 1.165) is 16.6 Å². The van der Waals surface area contributed by atoms with E-state index in [-0.39, 0.29) is 11.8 Å². The first-order valence-electron chi connectivity index (χ1n) is 6.10. The van der Waals surface area contributed by atoms with Crippen molar-refractivity contribution in [2.75, 3.05) is 6.54 Å². The summed E-state index contributed by atoms with van der Waals surface area (Å²) in [7, 11) is 0. The van der Waals surface area contributed by atoms with Crippen molar-refractivity contribution in [1.82, 2.24) is 5.32 Å². The summed E-state index contributed by atoms with van der Waals surface area (Å²) in [5.74, 6) is 0.182. The highest BCUT2D eigenvalue weighted by Crippen LogP contribution is 2.27. The lowest BCUT2D eigenvalue weighted by molar-refractivity contribution is -0.0500. The third kappa shape index (κ3) is 5.28. The molecule has 0 amide bonds. The largest absolute Gasteiger partial charge is 0.434 e. The zero-order valence-corrected chi connectivity index (χ0v) is 12.8. The number of hydrogen-bond donors (Lipinski definition) is 1. The van der Waals surface area contributed by atoms with Crippen LogP contribution < -0.4 is 10.1 Å². The molecule has 1 aromatic carbocycles. The fourth-order valence-corrected chi connectivity index (χ4v) is 2.05. The molecule has 1 aromatic rings. The van der Waals surface area contributed by atoms with Crippen LogP contribution in [0.15, 0.2) is 28.2 Å². The Morgan fingerprint density at radius 2 is 2.16 bits per heavy atom. The molecule has 2 nitrogen and oxygen atoms in total. The highest BCUT2D eigenvalue weighted by Gasteiger charge is 2.10. The maximum Gasteiger partial charge on any atom is 0.387 e. The van der Waals surface area contributed by atoms with Gasteiger partial charge < -0.3 is 10.1 Å². The van der Waals surface area contributed by atoms with E-state index in [1.165, 1.54) is 6.07 Å². The van der Waals surface area contributed by atoms with Crippen LogP contribution in [0, 0.1) is 0 Å². The SMILES string of the molecule is CCNC(C)/C(C)=C/c1cc(Br)ccc1OC(F)F. The number of likely N-dealkylation sites (N-methyl/N-ethyl adjacent to an activating group) is 1. The number of hydrogen-bond acceptors (Lipinski definition) is 2. The quantitative estimate of drug-likeness (QED) is 0.830. The van der Waals surface area contributed by atoms with Gasteiger partial charge in [0.15, 0.2) is 0 Å². The first kappa shape index (κ1) is 16.1. The maximum absolute atomic E-state index is 12.4. The predicted octanol–water partition coefficient (Wildman–Crippen LogP) is 4.45. The third-order valence-corrected chi connectivity index (χ3v) is 3.26. The minimum atomic E-state index is -2.82. The van der Waals surface area contributed by atoms with Gasteiger partial charge in [-0.15, -0.1) is 0 Å². The Morgan fingerprint density at radius 3 is 2.74 bits per heavy atom. The lowest BCUT2D eigenvalue weighted by Gasteiger charge is -2.14. The van der Waals surface area contributed by atoms with Crippen molar-refractivity contribution < 1.29 is 13.5 Å². The zero-order chi connectivity index (χ0) is 14.4. The van der Waals surface area contributed by atoms with Crippen molar-refractivity contribution in [3.8, 4) is 5.75 Å². The molecule has 0 aromatic heterocycles. The zero-order valence-electron chi connectivity index (χ0n) is 11.2. The summed E-state index contributed by atoms with van der Waals surface area (Å²) in [6, 6.07) is 5.16. The molecule has 0 aliphatic heterocycles. The van der Waals surface area contributed by atoms with Crippen molar-refractivity contribution >= 4 is 22.0 Å².